The molecule has 0 aliphatic carbocycles. The minimum Gasteiger partial charge on any atom is -0.365 e. The molecule has 58 valence electrons. The van der Waals surface area contributed by atoms with Crippen molar-refractivity contribution in [2.24, 2.45) is 0 Å². The van der Waals surface area contributed by atoms with Crippen LogP contribution in [0, 0.1) is 0 Å². The maximum atomic E-state index is 12.3. The molecular weight excluding hydrogens is 144 g/mol. The monoisotopic (exact) mass is 151 g/mol. The lowest BCUT2D eigenvalue weighted by molar-refractivity contribution is -0.124. The molecule has 5 heteroatoms. The molecule has 0 unspecified atom stereocenters. The number of ether oxygens (including phenoxy) is 1. The van der Waals surface area contributed by atoms with Gasteiger partial charge in [-0.05, 0) is 0 Å². The van der Waals surface area contributed by atoms with E-state index in [4.69, 9.17) is 0 Å². The lowest BCUT2D eigenvalue weighted by atomic mass is 10.4. The topological polar surface area (TPSA) is 38.3 Å². The van der Waals surface area contributed by atoms with E-state index in [-0.39, 0.29) is 6.61 Å². The summed E-state index contributed by atoms with van der Waals surface area (Å²) in [5, 5.41) is 2.02. The van der Waals surface area contributed by atoms with E-state index in [0.29, 0.717) is 0 Å². The Kier molecular flexibility index (Phi) is 1.85. The van der Waals surface area contributed by atoms with Crippen molar-refractivity contribution in [2.75, 3.05) is 19.8 Å². The number of rotatable bonds is 0. The second-order valence-corrected chi connectivity index (χ2v) is 2.13. The van der Waals surface area contributed by atoms with E-state index in [9.17, 15) is 13.6 Å². The molecule has 0 radical (unpaired) electrons. The van der Waals surface area contributed by atoms with Gasteiger partial charge in [-0.3, -0.25) is 4.79 Å². The molecule has 1 saturated heterocycles. The van der Waals surface area contributed by atoms with Crippen LogP contribution in [0.15, 0.2) is 0 Å². The molecule has 0 aromatic rings. The number of halogens is 2. The maximum Gasteiger partial charge on any atom is 0.287 e. The van der Waals surface area contributed by atoms with Gasteiger partial charge >= 0.3 is 0 Å². The van der Waals surface area contributed by atoms with Crippen molar-refractivity contribution in [3.8, 4) is 0 Å². The molecular formula is C5H7F2NO2. The molecule has 3 nitrogen and oxygen atoms in total. The Balaban J connectivity index is 2.48. The summed E-state index contributed by atoms with van der Waals surface area (Å²) in [7, 11) is 0. The van der Waals surface area contributed by atoms with E-state index < -0.39 is 25.0 Å². The van der Waals surface area contributed by atoms with Crippen molar-refractivity contribution in [2.45, 2.75) is 5.92 Å². The lowest BCUT2D eigenvalue weighted by Gasteiger charge is -2.10. The molecule has 0 saturated carbocycles. The van der Waals surface area contributed by atoms with Crippen molar-refractivity contribution < 1.29 is 18.3 Å². The SMILES string of the molecule is O=C1COCC(F)(F)CN1. The third-order valence-corrected chi connectivity index (χ3v) is 1.09. The predicted octanol–water partition coefficient (Wildman–Crippen LogP) is -0.232. The molecule has 10 heavy (non-hydrogen) atoms. The van der Waals surface area contributed by atoms with Gasteiger partial charge in [0.25, 0.3) is 5.92 Å². The van der Waals surface area contributed by atoms with Gasteiger partial charge in [-0.1, -0.05) is 0 Å². The number of amides is 1. The van der Waals surface area contributed by atoms with Crippen molar-refractivity contribution in [3.05, 3.63) is 0 Å². The van der Waals surface area contributed by atoms with Gasteiger partial charge in [-0.2, -0.15) is 0 Å². The summed E-state index contributed by atoms with van der Waals surface area (Å²) in [4.78, 5) is 10.4. The van der Waals surface area contributed by atoms with E-state index in [1.165, 1.54) is 0 Å². The fourth-order valence-electron chi connectivity index (χ4n) is 0.623. The van der Waals surface area contributed by atoms with Gasteiger partial charge in [0.15, 0.2) is 0 Å². The summed E-state index contributed by atoms with van der Waals surface area (Å²) in [5.74, 6) is -3.40. The highest BCUT2D eigenvalue weighted by atomic mass is 19.3. The standard InChI is InChI=1S/C5H7F2NO2/c6-5(7)2-8-4(9)1-10-3-5/h1-3H2,(H,8,9). The van der Waals surface area contributed by atoms with Gasteiger partial charge in [0.1, 0.15) is 13.2 Å². The number of alkyl halides is 2. The molecule has 0 bridgehead atoms. The highest BCUT2D eigenvalue weighted by Crippen LogP contribution is 2.13. The fourth-order valence-corrected chi connectivity index (χ4v) is 0.623. The van der Waals surface area contributed by atoms with Gasteiger partial charge in [-0.15, -0.1) is 0 Å². The van der Waals surface area contributed by atoms with Crippen molar-refractivity contribution >= 4 is 5.91 Å². The molecule has 1 N–H and O–H groups in total. The highest BCUT2D eigenvalue weighted by molar-refractivity contribution is 5.77. The number of hydrogen-bond donors (Lipinski definition) is 1. The smallest absolute Gasteiger partial charge is 0.287 e. The van der Waals surface area contributed by atoms with Crippen molar-refractivity contribution in [1.29, 1.82) is 0 Å². The summed E-state index contributed by atoms with van der Waals surface area (Å²) in [5.41, 5.74) is 0. The van der Waals surface area contributed by atoms with Crippen LogP contribution in [0.25, 0.3) is 0 Å². The Morgan fingerprint density at radius 2 is 2.30 bits per heavy atom. The summed E-state index contributed by atoms with van der Waals surface area (Å²) >= 11 is 0. The minimum absolute atomic E-state index is 0.268. The van der Waals surface area contributed by atoms with Crippen molar-refractivity contribution in [1.82, 2.24) is 5.32 Å². The van der Waals surface area contributed by atoms with E-state index >= 15 is 0 Å². The average Bonchev–Trinajstić information content (AvgIpc) is 1.94. The lowest BCUT2D eigenvalue weighted by Crippen LogP contribution is -2.35. The van der Waals surface area contributed by atoms with Crippen LogP contribution < -0.4 is 5.32 Å². The zero-order valence-electron chi connectivity index (χ0n) is 5.19. The minimum atomic E-state index is -2.91. The fraction of sp³-hybridized carbons (Fsp3) is 0.800. The van der Waals surface area contributed by atoms with Crippen LogP contribution >= 0.6 is 0 Å². The Morgan fingerprint density at radius 3 is 3.00 bits per heavy atom. The number of carbonyl (C=O) groups is 1. The van der Waals surface area contributed by atoms with Gasteiger partial charge < -0.3 is 10.1 Å². The third-order valence-electron chi connectivity index (χ3n) is 1.09. The molecule has 1 fully saturated rings. The van der Waals surface area contributed by atoms with Gasteiger partial charge in [0, 0.05) is 0 Å². The summed E-state index contributed by atoms with van der Waals surface area (Å²) in [6, 6.07) is 0. The number of carbonyl (C=O) groups excluding carboxylic acids is 1. The van der Waals surface area contributed by atoms with Crippen LogP contribution in [0.5, 0.6) is 0 Å². The quantitative estimate of drug-likeness (QED) is 0.519. The molecule has 1 aliphatic rings. The molecule has 0 atom stereocenters. The van der Waals surface area contributed by atoms with Crippen LogP contribution in [0.4, 0.5) is 8.78 Å². The van der Waals surface area contributed by atoms with Crippen LogP contribution in [-0.4, -0.2) is 31.6 Å². The Hall–Kier alpha value is -0.710. The van der Waals surface area contributed by atoms with Crippen LogP contribution in [0.3, 0.4) is 0 Å². The van der Waals surface area contributed by atoms with Crippen LogP contribution in [-0.2, 0) is 9.53 Å². The highest BCUT2D eigenvalue weighted by Gasteiger charge is 2.32. The predicted molar refractivity (Wildman–Crippen MR) is 28.8 cm³/mol. The first-order chi connectivity index (χ1) is 4.60. The van der Waals surface area contributed by atoms with Gasteiger partial charge in [0.2, 0.25) is 5.91 Å². The molecule has 1 rings (SSSR count). The first kappa shape index (κ1) is 7.40. The van der Waals surface area contributed by atoms with Crippen molar-refractivity contribution in [3.63, 3.8) is 0 Å². The summed E-state index contributed by atoms with van der Waals surface area (Å²) in [6.07, 6.45) is 0. The average molecular weight is 151 g/mol. The van der Waals surface area contributed by atoms with Crippen LogP contribution in [0.1, 0.15) is 0 Å². The second kappa shape index (κ2) is 2.49. The molecule has 0 aromatic heterocycles. The Morgan fingerprint density at radius 1 is 1.60 bits per heavy atom. The normalized spacial score (nSPS) is 25.2. The second-order valence-electron chi connectivity index (χ2n) is 2.13. The van der Waals surface area contributed by atoms with Gasteiger partial charge in [0.05, 0.1) is 6.54 Å². The Labute approximate surface area is 56.3 Å². The van der Waals surface area contributed by atoms with E-state index in [1.807, 2.05) is 5.32 Å². The van der Waals surface area contributed by atoms with E-state index in [0.717, 1.165) is 0 Å². The number of nitrogens with one attached hydrogen (secondary N) is 1. The molecule has 0 aromatic carbocycles. The maximum absolute atomic E-state index is 12.3. The third kappa shape index (κ3) is 1.91. The first-order valence-electron chi connectivity index (χ1n) is 2.82. The van der Waals surface area contributed by atoms with E-state index in [2.05, 4.69) is 4.74 Å². The molecule has 1 amide bonds. The molecule has 0 spiro atoms. The van der Waals surface area contributed by atoms with E-state index in [1.54, 1.807) is 0 Å². The summed E-state index contributed by atoms with van der Waals surface area (Å²) in [6.45, 7) is -1.56. The van der Waals surface area contributed by atoms with Crippen LogP contribution in [0.2, 0.25) is 0 Å². The zero-order valence-corrected chi connectivity index (χ0v) is 5.19. The summed E-state index contributed by atoms with van der Waals surface area (Å²) < 4.78 is 29.0. The zero-order chi connectivity index (χ0) is 7.61. The largest absolute Gasteiger partial charge is 0.365 e. The Bertz CT molecular complexity index is 149. The van der Waals surface area contributed by atoms with Gasteiger partial charge in [-0.25, -0.2) is 8.78 Å². The molecule has 1 heterocycles. The number of hydrogen-bond acceptors (Lipinski definition) is 2. The molecule has 1 aliphatic heterocycles. The first-order valence-corrected chi connectivity index (χ1v) is 2.82.